The predicted molar refractivity (Wildman–Crippen MR) is 505 cm³/mol. The van der Waals surface area contributed by atoms with Crippen LogP contribution in [0.15, 0.2) is 58.3 Å². The van der Waals surface area contributed by atoms with Crippen molar-refractivity contribution in [2.24, 2.45) is 51.7 Å². The number of amides is 2. The number of aromatic nitrogens is 1. The first-order valence-electron chi connectivity index (χ1n) is 46.9. The molecule has 8 aliphatic heterocycles. The number of nitrogens with one attached hydrogen (secondary N) is 4. The maximum absolute atomic E-state index is 15.0. The number of ketones is 1. The van der Waals surface area contributed by atoms with Crippen LogP contribution in [0.5, 0.6) is 28.7 Å². The highest BCUT2D eigenvalue weighted by atomic mass is 19.1. The summed E-state index contributed by atoms with van der Waals surface area (Å²) in [5.74, 6) is -10.7. The number of halogens is 1. The van der Waals surface area contributed by atoms with Gasteiger partial charge in [-0.05, 0) is 79.2 Å². The molecule has 46 heteroatoms. The summed E-state index contributed by atoms with van der Waals surface area (Å²) < 4.78 is 68.7. The molecular weight excluding hydrogens is 1830 g/mol. The molecule has 5 fully saturated rings. The smallest absolute Gasteiger partial charge is 0.341 e. The van der Waals surface area contributed by atoms with E-state index in [1.807, 2.05) is 39.8 Å². The third-order valence-corrected chi connectivity index (χ3v) is 27.0. The van der Waals surface area contributed by atoms with Gasteiger partial charge in [-0.2, -0.15) is 5.10 Å². The van der Waals surface area contributed by atoms with Crippen molar-refractivity contribution in [1.29, 1.82) is 0 Å². The average molecular weight is 1970 g/mol. The van der Waals surface area contributed by atoms with Crippen molar-refractivity contribution in [1.82, 2.24) is 35.3 Å². The number of aromatic hydroxyl groups is 3. The number of nitrogens with two attached hydrogens (primary N) is 4. The molecule has 13 rings (SSSR count). The number of benzene rings is 3. The Morgan fingerprint density at radius 2 is 1.34 bits per heavy atom. The topological polar surface area (TPSA) is 692 Å². The molecule has 5 bridgehead atoms. The zero-order valence-electron chi connectivity index (χ0n) is 81.0. The monoisotopic (exact) mass is 1970 g/mol. The van der Waals surface area contributed by atoms with E-state index in [4.69, 9.17) is 75.8 Å². The molecule has 28 atom stereocenters. The van der Waals surface area contributed by atoms with Crippen LogP contribution in [0, 0.1) is 36.4 Å². The van der Waals surface area contributed by atoms with Gasteiger partial charge in [0.2, 0.25) is 11.3 Å². The second-order valence-corrected chi connectivity index (χ2v) is 36.9. The zero-order chi connectivity index (χ0) is 103. The summed E-state index contributed by atoms with van der Waals surface area (Å²) in [4.78, 5) is 83.3. The zero-order valence-corrected chi connectivity index (χ0v) is 81.0. The molecule has 4 aromatic rings. The van der Waals surface area contributed by atoms with Gasteiger partial charge in [0.15, 0.2) is 29.9 Å². The summed E-state index contributed by atoms with van der Waals surface area (Å²) in [5, 5.41) is 185. The minimum atomic E-state index is -2.04. The molecule has 0 radical (unpaired) electrons. The number of fused-ring (bicyclic) bond motifs is 14. The van der Waals surface area contributed by atoms with Gasteiger partial charge in [0, 0.05) is 157 Å². The third kappa shape index (κ3) is 26.3. The number of carboxylic acids is 1. The quantitative estimate of drug-likeness (QED) is 0.0104. The van der Waals surface area contributed by atoms with Gasteiger partial charge in [-0.25, -0.2) is 9.18 Å². The van der Waals surface area contributed by atoms with Crippen molar-refractivity contribution in [2.45, 2.75) is 248 Å². The molecule has 1 aromatic heterocycles. The molecular formula is C93H145FN14O31. The SMILES string of the molecule is CC[C@@H](CO)NCCN[C@@H](CC)CO.CO[C@H]1/C=C/O[C@@]2(C)Oc3c(C)c(O)c4c(O)c(c(/C=N\N5CCN(C)CC5)c(O)c4c3C2=O)NC(=O)/C(C)=C\C=C\[C@H](C)[C@@H](O)[C@@H](C)[C@@H](O)[C@@H](C)[C@H](OC(C)=O)[C@H]1C.C[C@H]1COc2c(N3CCN(C)CC3)c(F)cc3c(=O)c(C(=O)O)cn1c23.NCC[C@@H](O)C(=O)NC1CC(N)C(OC2OC(CN)C(O)C(O)C2O)C(O)C1OC1OC(CO)C(O)C(N)C1O. The van der Waals surface area contributed by atoms with Crippen LogP contribution >= 0.6 is 0 Å². The Morgan fingerprint density at radius 3 is 1.91 bits per heavy atom. The van der Waals surface area contributed by atoms with Gasteiger partial charge in [0.1, 0.15) is 108 Å². The lowest BCUT2D eigenvalue weighted by Gasteiger charge is -2.49. The number of phenolic OH excluding ortho intramolecular Hbond substituents is 3. The van der Waals surface area contributed by atoms with Gasteiger partial charge < -0.3 is 188 Å². The molecule has 1 aliphatic carbocycles. The van der Waals surface area contributed by atoms with Crippen molar-refractivity contribution < 1.29 is 153 Å². The molecule has 3 aromatic carbocycles. The van der Waals surface area contributed by atoms with Crippen LogP contribution in [0.1, 0.15) is 133 Å². The fourth-order valence-electron chi connectivity index (χ4n) is 17.9. The molecule has 2 amide bonds. The lowest BCUT2D eigenvalue weighted by Crippen LogP contribution is -2.69. The Hall–Kier alpha value is -9.10. The second-order valence-electron chi connectivity index (χ2n) is 36.9. The van der Waals surface area contributed by atoms with Crippen molar-refractivity contribution in [3.05, 3.63) is 86.7 Å². The van der Waals surface area contributed by atoms with E-state index in [2.05, 4.69) is 36.2 Å². The van der Waals surface area contributed by atoms with E-state index in [9.17, 15) is 105 Å². The number of hydrazone groups is 1. The van der Waals surface area contributed by atoms with Gasteiger partial charge in [-0.3, -0.25) is 29.0 Å². The first-order chi connectivity index (χ1) is 65.7. The summed E-state index contributed by atoms with van der Waals surface area (Å²) in [5.41, 5.74) is 22.5. The summed E-state index contributed by atoms with van der Waals surface area (Å²) in [7, 11) is 5.44. The van der Waals surface area contributed by atoms with Crippen molar-refractivity contribution in [2.75, 3.05) is 136 Å². The summed E-state index contributed by atoms with van der Waals surface area (Å²) >= 11 is 0. The third-order valence-electron chi connectivity index (χ3n) is 27.0. The van der Waals surface area contributed by atoms with E-state index in [0.29, 0.717) is 43.1 Å². The molecule has 15 unspecified atom stereocenters. The number of nitrogens with zero attached hydrogens (tertiary/aromatic N) is 6. The number of piperazine rings is 2. The second kappa shape index (κ2) is 50.7. The highest BCUT2D eigenvalue weighted by molar-refractivity contribution is 6.24. The van der Waals surface area contributed by atoms with Crippen molar-refractivity contribution >= 4 is 68.8 Å². The maximum Gasteiger partial charge on any atom is 0.341 e. The Kier molecular flexibility index (Phi) is 41.4. The number of methoxy groups -OCH3 is 1. The first-order valence-corrected chi connectivity index (χ1v) is 46.9. The number of pyridine rings is 1. The number of esters is 1. The number of aliphatic hydroxyl groups is 12. The molecule has 28 N–H and O–H groups in total. The molecule has 4 saturated heterocycles. The van der Waals surface area contributed by atoms with Crippen LogP contribution < -0.4 is 64.0 Å². The number of anilines is 2. The van der Waals surface area contributed by atoms with Gasteiger partial charge in [0.05, 0.1) is 102 Å². The lowest BCUT2D eigenvalue weighted by molar-refractivity contribution is -0.332. The van der Waals surface area contributed by atoms with E-state index in [1.165, 1.54) is 65.6 Å². The number of carboxylic acid groups (broad SMARTS) is 1. The summed E-state index contributed by atoms with van der Waals surface area (Å²) in [6.45, 7) is 25.4. The lowest BCUT2D eigenvalue weighted by atomic mass is 9.78. The number of hydrogen-bond donors (Lipinski definition) is 24. The number of carbonyl (C=O) groups excluding carboxylic acids is 4. The van der Waals surface area contributed by atoms with Crippen LogP contribution in [0.4, 0.5) is 15.8 Å². The van der Waals surface area contributed by atoms with Crippen LogP contribution in [-0.2, 0) is 47.5 Å². The largest absolute Gasteiger partial charge is 0.507 e. The van der Waals surface area contributed by atoms with Gasteiger partial charge in [-0.1, -0.05) is 59.8 Å². The van der Waals surface area contributed by atoms with Gasteiger partial charge >= 0.3 is 17.7 Å². The summed E-state index contributed by atoms with van der Waals surface area (Å²) in [6, 6.07) is -2.06. The normalized spacial score (nSPS) is 32.5. The van der Waals surface area contributed by atoms with E-state index < -0.39 is 216 Å². The van der Waals surface area contributed by atoms with E-state index in [-0.39, 0.29) is 119 Å². The standard InChI is InChI=1S/C43H58N4O12.C22H43N5O13.C18H20FN3O4.C10H24N2O2/c1-21-12-11-13-22(2)42(55)45-33-28(20-44-47-17-15-46(9)16-18-47)37(52)30-31(38(33)53)36(51)26(6)40-32(30)41(54)43(8,59-40)57-19-14-29(56-10)23(3)39(58-27(7)48)25(5)35(50)24(4)34(21)49;23-2-1-8(29)20(36)27-7-3-6(25)18(39-22-16(34)15(33)13(31)9(4-24)37-22)17(35)19(7)40-21-14(32)11(26)12(30)10(5-28)38-21;1-10-9-26-17-14-11(16(23)12(18(24)25)8-22(10)14)7-13(19)15(17)21-5-3-20(2)4-6-21;1-3-9(7-13)11-5-6-12-10(4-2)8-14/h11-14,19-21,23-25,29,34-35,39,49-53H,15-18H2,1-10H3,(H,45,55);6-19,21-22,28-35H,1-5,23-26H2,(H,27,36);7-8,10H,3-6,9H2,1-2H3,(H,24,25);9-14H,3-8H2,1-2H3/b12-11+,19-14+,22-13-,44-20-;;;/t21-,23-,24+,25+,29-,34+,35+,39+,43-;6?,7?,8-,9?,10?,11?,12?,13?,14?,15?,16?,17?,18?,19?,21?,22?;10-;9-,10-/m0100/s1. The number of likely N-dealkylation sites (N-methyl/N-ethyl adjacent to an activating group) is 2. The van der Waals surface area contributed by atoms with Gasteiger partial charge in [-0.15, -0.1) is 0 Å². The number of carbonyl (C=O) groups is 5. The number of hydrogen-bond acceptors (Lipinski definition) is 41. The van der Waals surface area contributed by atoms with Crippen LogP contribution in [0.3, 0.4) is 0 Å². The number of rotatable bonds is 25. The number of aromatic carboxylic acids is 1. The minimum Gasteiger partial charge on any atom is -0.507 e. The Labute approximate surface area is 805 Å². The van der Waals surface area contributed by atoms with Crippen LogP contribution in [0.2, 0.25) is 0 Å². The maximum atomic E-state index is 15.0. The van der Waals surface area contributed by atoms with Crippen molar-refractivity contribution in [3.8, 4) is 28.7 Å². The predicted octanol–water partition coefficient (Wildman–Crippen LogP) is -2.84. The number of allylic oxidation sites excluding steroid dienone is 2. The van der Waals surface area contributed by atoms with Gasteiger partial charge in [0.25, 0.3) is 11.7 Å². The minimum absolute atomic E-state index is 0.0101. The number of ether oxygens (including phenoxy) is 9. The fourth-order valence-corrected chi connectivity index (χ4v) is 17.9. The number of phenols is 3. The highest BCUT2D eigenvalue weighted by Crippen LogP contribution is 2.56. The highest BCUT2D eigenvalue weighted by Gasteiger charge is 2.55. The molecule has 0 spiro atoms. The number of Topliss-reactive ketones (excluding diaryl/α,β-unsaturated/α-hetero) is 1. The number of aliphatic hydroxyl groups excluding tert-OH is 12. The van der Waals surface area contributed by atoms with E-state index in [1.54, 1.807) is 49.4 Å². The molecule has 1 saturated carbocycles. The molecule has 9 heterocycles. The van der Waals surface area contributed by atoms with E-state index >= 15 is 0 Å². The average Bonchev–Trinajstić information content (AvgIpc) is 1.54. The Morgan fingerprint density at radius 1 is 0.734 bits per heavy atom. The Balaban J connectivity index is 0.000000231. The molecule has 9 aliphatic rings. The molecule has 780 valence electrons. The molecule has 139 heavy (non-hydrogen) atoms. The molecule has 45 nitrogen and oxygen atoms in total. The first kappa shape index (κ1) is 113. The van der Waals surface area contributed by atoms with Crippen LogP contribution in [0.25, 0.3) is 21.7 Å². The Bertz CT molecular complexity index is 4980. The fraction of sp³-hybridized carbons (Fsp3) is 0.667. The van der Waals surface area contributed by atoms with Crippen molar-refractivity contribution in [3.63, 3.8) is 0 Å². The van der Waals surface area contributed by atoms with E-state index in [0.717, 1.165) is 58.2 Å². The van der Waals surface area contributed by atoms with Crippen LogP contribution in [-0.4, -0.2) is 403 Å². The summed E-state index contributed by atoms with van der Waals surface area (Å²) in [6.07, 6.45) is -11.7.